The molecule has 0 aromatic rings. The van der Waals surface area contributed by atoms with Crippen LogP contribution >= 0.6 is 0 Å². The Morgan fingerprint density at radius 2 is 2.20 bits per heavy atom. The van der Waals surface area contributed by atoms with Crippen molar-refractivity contribution >= 4 is 0 Å². The van der Waals surface area contributed by atoms with Gasteiger partial charge in [0, 0.05) is 12.6 Å². The third kappa shape index (κ3) is 1.01. The van der Waals surface area contributed by atoms with E-state index in [4.69, 9.17) is 4.84 Å². The summed E-state index contributed by atoms with van der Waals surface area (Å²) in [5.74, 6) is 0.498. The summed E-state index contributed by atoms with van der Waals surface area (Å²) < 4.78 is 0. The predicted octanol–water partition coefficient (Wildman–Crippen LogP) is 1.92. The van der Waals surface area contributed by atoms with Crippen molar-refractivity contribution in [3.63, 3.8) is 0 Å². The standard InChI is InChI=1S/C8H13NO/c1-6(2)8-5-10-9(4)7(8)3/h5-6H,3H2,1-2,4H3. The largest absolute Gasteiger partial charge is 0.387 e. The topological polar surface area (TPSA) is 12.5 Å². The molecule has 0 fully saturated rings. The molecule has 0 aromatic heterocycles. The molecule has 2 nitrogen and oxygen atoms in total. The molecule has 1 heterocycles. The van der Waals surface area contributed by atoms with E-state index < -0.39 is 0 Å². The molecule has 0 aromatic carbocycles. The predicted molar refractivity (Wildman–Crippen MR) is 40.9 cm³/mol. The molecule has 1 rings (SSSR count). The maximum Gasteiger partial charge on any atom is 0.125 e. The molecular weight excluding hydrogens is 126 g/mol. The van der Waals surface area contributed by atoms with Gasteiger partial charge in [-0.3, -0.25) is 0 Å². The van der Waals surface area contributed by atoms with Crippen molar-refractivity contribution in [2.24, 2.45) is 5.92 Å². The smallest absolute Gasteiger partial charge is 0.125 e. The van der Waals surface area contributed by atoms with Crippen molar-refractivity contribution in [1.82, 2.24) is 5.06 Å². The van der Waals surface area contributed by atoms with Gasteiger partial charge < -0.3 is 4.84 Å². The van der Waals surface area contributed by atoms with Gasteiger partial charge in [-0.25, -0.2) is 5.06 Å². The van der Waals surface area contributed by atoms with E-state index in [9.17, 15) is 0 Å². The van der Waals surface area contributed by atoms with Gasteiger partial charge in [-0.05, 0) is 5.92 Å². The quantitative estimate of drug-likeness (QED) is 0.550. The van der Waals surface area contributed by atoms with Gasteiger partial charge in [-0.1, -0.05) is 20.4 Å². The Bertz CT molecular complexity index is 182. The Balaban J connectivity index is 2.72. The average molecular weight is 139 g/mol. The van der Waals surface area contributed by atoms with E-state index in [1.807, 2.05) is 7.05 Å². The van der Waals surface area contributed by atoms with Crippen LogP contribution in [-0.2, 0) is 4.84 Å². The van der Waals surface area contributed by atoms with Crippen molar-refractivity contribution in [3.8, 4) is 0 Å². The molecule has 10 heavy (non-hydrogen) atoms. The summed E-state index contributed by atoms with van der Waals surface area (Å²) >= 11 is 0. The fourth-order valence-electron chi connectivity index (χ4n) is 0.919. The molecule has 0 N–H and O–H groups in total. The van der Waals surface area contributed by atoms with Gasteiger partial charge in [-0.15, -0.1) is 0 Å². The van der Waals surface area contributed by atoms with Gasteiger partial charge in [0.2, 0.25) is 0 Å². The molecule has 1 aliphatic heterocycles. The minimum Gasteiger partial charge on any atom is -0.387 e. The molecule has 0 aliphatic carbocycles. The molecule has 0 atom stereocenters. The van der Waals surface area contributed by atoms with E-state index in [0.717, 1.165) is 5.70 Å². The molecule has 1 aliphatic rings. The minimum absolute atomic E-state index is 0.498. The van der Waals surface area contributed by atoms with Crippen LogP contribution in [0.2, 0.25) is 0 Å². The Labute approximate surface area is 61.7 Å². The van der Waals surface area contributed by atoms with Crippen LogP contribution in [0, 0.1) is 5.92 Å². The fourth-order valence-corrected chi connectivity index (χ4v) is 0.919. The van der Waals surface area contributed by atoms with Gasteiger partial charge in [-0.2, -0.15) is 0 Å². The number of hydrogen-bond acceptors (Lipinski definition) is 2. The number of nitrogens with zero attached hydrogens (tertiary/aromatic N) is 1. The molecule has 0 unspecified atom stereocenters. The highest BCUT2D eigenvalue weighted by atomic mass is 16.7. The minimum atomic E-state index is 0.498. The van der Waals surface area contributed by atoms with Crippen LogP contribution in [0.15, 0.2) is 24.1 Å². The highest BCUT2D eigenvalue weighted by molar-refractivity contribution is 5.28. The van der Waals surface area contributed by atoms with Crippen molar-refractivity contribution in [3.05, 3.63) is 24.1 Å². The third-order valence-corrected chi connectivity index (χ3v) is 1.67. The van der Waals surface area contributed by atoms with E-state index in [-0.39, 0.29) is 0 Å². The van der Waals surface area contributed by atoms with E-state index in [1.165, 1.54) is 5.57 Å². The van der Waals surface area contributed by atoms with Crippen molar-refractivity contribution in [2.75, 3.05) is 7.05 Å². The maximum absolute atomic E-state index is 5.11. The first-order valence-corrected chi connectivity index (χ1v) is 3.42. The van der Waals surface area contributed by atoms with Crippen molar-refractivity contribution in [2.45, 2.75) is 13.8 Å². The summed E-state index contributed by atoms with van der Waals surface area (Å²) in [6.45, 7) is 8.12. The van der Waals surface area contributed by atoms with Crippen LogP contribution in [0.1, 0.15) is 13.8 Å². The fraction of sp³-hybridized carbons (Fsp3) is 0.500. The summed E-state index contributed by atoms with van der Waals surface area (Å²) in [6, 6.07) is 0. The Hall–Kier alpha value is -0.920. The van der Waals surface area contributed by atoms with E-state index >= 15 is 0 Å². The summed E-state index contributed by atoms with van der Waals surface area (Å²) in [5.41, 5.74) is 2.15. The summed E-state index contributed by atoms with van der Waals surface area (Å²) in [6.07, 6.45) is 1.76. The highest BCUT2D eigenvalue weighted by Crippen LogP contribution is 2.25. The second-order valence-corrected chi connectivity index (χ2v) is 2.78. The molecule has 2 heteroatoms. The first kappa shape index (κ1) is 7.19. The zero-order valence-corrected chi connectivity index (χ0v) is 6.72. The number of likely N-dealkylation sites (N-methyl/N-ethyl adjacent to an activating group) is 1. The molecule has 0 spiro atoms. The monoisotopic (exact) mass is 139 g/mol. The molecule has 56 valence electrons. The zero-order valence-electron chi connectivity index (χ0n) is 6.72. The average Bonchev–Trinajstić information content (AvgIpc) is 2.14. The van der Waals surface area contributed by atoms with E-state index in [0.29, 0.717) is 5.92 Å². The van der Waals surface area contributed by atoms with Crippen molar-refractivity contribution in [1.29, 1.82) is 0 Å². The molecule has 0 saturated heterocycles. The normalized spacial score (nSPS) is 17.8. The summed E-state index contributed by atoms with van der Waals surface area (Å²) in [4.78, 5) is 5.11. The Morgan fingerprint density at radius 3 is 2.40 bits per heavy atom. The van der Waals surface area contributed by atoms with E-state index in [2.05, 4.69) is 20.4 Å². The van der Waals surface area contributed by atoms with Gasteiger partial charge in [0.05, 0.1) is 5.70 Å². The molecule has 0 saturated carbocycles. The van der Waals surface area contributed by atoms with Gasteiger partial charge >= 0.3 is 0 Å². The first-order chi connectivity index (χ1) is 4.63. The third-order valence-electron chi connectivity index (χ3n) is 1.67. The van der Waals surface area contributed by atoms with Crippen LogP contribution in [0.5, 0.6) is 0 Å². The lowest BCUT2D eigenvalue weighted by Gasteiger charge is -2.12. The second kappa shape index (κ2) is 2.37. The lowest BCUT2D eigenvalue weighted by Crippen LogP contribution is -2.10. The van der Waals surface area contributed by atoms with Crippen LogP contribution in [-0.4, -0.2) is 12.1 Å². The Kier molecular flexibility index (Phi) is 1.70. The molecular formula is C8H13NO. The SMILES string of the molecule is C=C1C(C(C)C)=CON1C. The first-order valence-electron chi connectivity index (χ1n) is 3.42. The number of rotatable bonds is 1. The summed E-state index contributed by atoms with van der Waals surface area (Å²) in [7, 11) is 1.86. The number of hydroxylamine groups is 2. The summed E-state index contributed by atoms with van der Waals surface area (Å²) in [5, 5.41) is 1.68. The van der Waals surface area contributed by atoms with Crippen molar-refractivity contribution < 1.29 is 4.84 Å². The van der Waals surface area contributed by atoms with Gasteiger partial charge in [0.15, 0.2) is 0 Å². The second-order valence-electron chi connectivity index (χ2n) is 2.78. The number of allylic oxidation sites excluding steroid dienone is 1. The zero-order chi connectivity index (χ0) is 7.72. The molecule has 0 radical (unpaired) electrons. The van der Waals surface area contributed by atoms with Crippen LogP contribution in [0.25, 0.3) is 0 Å². The van der Waals surface area contributed by atoms with Crippen LogP contribution in [0.4, 0.5) is 0 Å². The van der Waals surface area contributed by atoms with Gasteiger partial charge in [0.1, 0.15) is 6.26 Å². The lowest BCUT2D eigenvalue weighted by atomic mass is 10.0. The Morgan fingerprint density at radius 1 is 1.60 bits per heavy atom. The molecule has 0 amide bonds. The highest BCUT2D eigenvalue weighted by Gasteiger charge is 2.18. The lowest BCUT2D eigenvalue weighted by molar-refractivity contribution is -0.0244. The van der Waals surface area contributed by atoms with Crippen LogP contribution in [0.3, 0.4) is 0 Å². The maximum atomic E-state index is 5.11. The number of hydrogen-bond donors (Lipinski definition) is 0. The van der Waals surface area contributed by atoms with Crippen LogP contribution < -0.4 is 0 Å². The van der Waals surface area contributed by atoms with E-state index in [1.54, 1.807) is 11.3 Å². The van der Waals surface area contributed by atoms with Gasteiger partial charge in [0.25, 0.3) is 0 Å². The molecule has 0 bridgehead atoms.